The highest BCUT2D eigenvalue weighted by molar-refractivity contribution is 5.83. The molecule has 2 unspecified atom stereocenters. The van der Waals surface area contributed by atoms with Crippen LogP contribution in [-0.4, -0.2) is 12.9 Å². The van der Waals surface area contributed by atoms with Gasteiger partial charge in [-0.3, -0.25) is 4.79 Å². The third-order valence-corrected chi connectivity index (χ3v) is 3.90. The highest BCUT2D eigenvalue weighted by atomic mass is 16.5. The fourth-order valence-electron chi connectivity index (χ4n) is 2.85. The van der Waals surface area contributed by atoms with Crippen molar-refractivity contribution in [3.63, 3.8) is 0 Å². The van der Waals surface area contributed by atoms with Gasteiger partial charge < -0.3 is 4.74 Å². The van der Waals surface area contributed by atoms with Crippen LogP contribution in [0.15, 0.2) is 24.3 Å². The van der Waals surface area contributed by atoms with Crippen molar-refractivity contribution in [3.8, 4) is 5.75 Å². The van der Waals surface area contributed by atoms with Gasteiger partial charge in [-0.05, 0) is 36.5 Å². The smallest absolute Gasteiger partial charge is 0.140 e. The van der Waals surface area contributed by atoms with Crippen LogP contribution >= 0.6 is 0 Å². The van der Waals surface area contributed by atoms with Gasteiger partial charge in [0.2, 0.25) is 0 Å². The van der Waals surface area contributed by atoms with Crippen molar-refractivity contribution < 1.29 is 9.53 Å². The fraction of sp³-hybridized carbons (Fsp3) is 0.562. The molecule has 1 aliphatic rings. The summed E-state index contributed by atoms with van der Waals surface area (Å²) in [5.41, 5.74) is 1.07. The molecule has 0 radical (unpaired) electrons. The Kier molecular flexibility index (Phi) is 4.40. The first-order valence-corrected chi connectivity index (χ1v) is 6.84. The molecule has 0 N–H and O–H groups in total. The minimum atomic E-state index is 0.278. The number of rotatable bonds is 4. The molecule has 1 aromatic rings. The second-order valence-corrected chi connectivity index (χ2v) is 5.46. The number of methoxy groups -OCH3 is 1. The number of Topliss-reactive ketones (excluding diaryl/α,β-unsaturated/α-hetero) is 1. The number of ketones is 1. The molecule has 1 aromatic carbocycles. The van der Waals surface area contributed by atoms with Gasteiger partial charge in [0.15, 0.2) is 0 Å². The highest BCUT2D eigenvalue weighted by Gasteiger charge is 2.24. The van der Waals surface area contributed by atoms with E-state index in [2.05, 4.69) is 6.92 Å². The Morgan fingerprint density at radius 3 is 2.94 bits per heavy atom. The standard InChI is InChI=1S/C16H22O2/c1-12-5-3-7-14(9-12)16(17)11-13-6-4-8-15(10-13)18-2/h4,6,8,10,12,14H,3,5,7,9,11H2,1-2H3. The molecule has 2 atom stereocenters. The average molecular weight is 246 g/mol. The molecule has 0 heterocycles. The van der Waals surface area contributed by atoms with Crippen LogP contribution in [0, 0.1) is 11.8 Å². The first-order valence-electron chi connectivity index (χ1n) is 6.84. The van der Waals surface area contributed by atoms with Crippen LogP contribution < -0.4 is 4.74 Å². The van der Waals surface area contributed by atoms with Crippen LogP contribution in [0.4, 0.5) is 0 Å². The maximum atomic E-state index is 12.3. The summed E-state index contributed by atoms with van der Waals surface area (Å²) in [5, 5.41) is 0. The summed E-state index contributed by atoms with van der Waals surface area (Å²) >= 11 is 0. The zero-order chi connectivity index (χ0) is 13.0. The van der Waals surface area contributed by atoms with Gasteiger partial charge in [-0.15, -0.1) is 0 Å². The van der Waals surface area contributed by atoms with E-state index < -0.39 is 0 Å². The Bertz CT molecular complexity index is 411. The Balaban J connectivity index is 1.97. The van der Waals surface area contributed by atoms with Gasteiger partial charge in [-0.1, -0.05) is 31.9 Å². The monoisotopic (exact) mass is 246 g/mol. The van der Waals surface area contributed by atoms with Crippen LogP contribution in [0.5, 0.6) is 5.75 Å². The minimum Gasteiger partial charge on any atom is -0.497 e. The van der Waals surface area contributed by atoms with E-state index in [-0.39, 0.29) is 5.92 Å². The van der Waals surface area contributed by atoms with E-state index in [4.69, 9.17) is 4.74 Å². The summed E-state index contributed by atoms with van der Waals surface area (Å²) < 4.78 is 5.19. The molecule has 0 aliphatic heterocycles. The molecule has 1 fully saturated rings. The molecule has 0 amide bonds. The van der Waals surface area contributed by atoms with Gasteiger partial charge >= 0.3 is 0 Å². The predicted molar refractivity (Wildman–Crippen MR) is 72.8 cm³/mol. The summed E-state index contributed by atoms with van der Waals surface area (Å²) in [7, 11) is 1.66. The van der Waals surface area contributed by atoms with E-state index >= 15 is 0 Å². The number of carbonyl (C=O) groups is 1. The third-order valence-electron chi connectivity index (χ3n) is 3.90. The predicted octanol–water partition coefficient (Wildman–Crippen LogP) is 3.63. The van der Waals surface area contributed by atoms with Crippen molar-refractivity contribution in [1.82, 2.24) is 0 Å². The van der Waals surface area contributed by atoms with Crippen LogP contribution in [0.25, 0.3) is 0 Å². The second kappa shape index (κ2) is 6.03. The summed E-state index contributed by atoms with van der Waals surface area (Å²) in [6.07, 6.45) is 5.18. The van der Waals surface area contributed by atoms with Crippen LogP contribution in [0.2, 0.25) is 0 Å². The lowest BCUT2D eigenvalue weighted by Crippen LogP contribution is -2.23. The number of benzene rings is 1. The molecule has 1 saturated carbocycles. The molecule has 0 bridgehead atoms. The summed E-state index contributed by atoms with van der Waals surface area (Å²) in [6.45, 7) is 2.25. The molecular formula is C16H22O2. The van der Waals surface area contributed by atoms with E-state index in [0.29, 0.717) is 18.1 Å². The highest BCUT2D eigenvalue weighted by Crippen LogP contribution is 2.30. The molecular weight excluding hydrogens is 224 g/mol. The number of hydrogen-bond acceptors (Lipinski definition) is 2. The minimum absolute atomic E-state index is 0.278. The maximum absolute atomic E-state index is 12.3. The quantitative estimate of drug-likeness (QED) is 0.811. The molecule has 2 nitrogen and oxygen atoms in total. The molecule has 98 valence electrons. The normalized spacial score (nSPS) is 23.7. The van der Waals surface area contributed by atoms with Gasteiger partial charge in [0, 0.05) is 12.3 Å². The van der Waals surface area contributed by atoms with Crippen LogP contribution in [-0.2, 0) is 11.2 Å². The fourth-order valence-corrected chi connectivity index (χ4v) is 2.85. The van der Waals surface area contributed by atoms with Gasteiger partial charge in [0.1, 0.15) is 11.5 Å². The van der Waals surface area contributed by atoms with E-state index in [1.165, 1.54) is 12.8 Å². The van der Waals surface area contributed by atoms with Gasteiger partial charge in [-0.25, -0.2) is 0 Å². The molecule has 2 rings (SSSR count). The second-order valence-electron chi connectivity index (χ2n) is 5.46. The molecule has 0 saturated heterocycles. The summed E-state index contributed by atoms with van der Waals surface area (Å²) in [5.74, 6) is 2.21. The van der Waals surface area contributed by atoms with Crippen molar-refractivity contribution >= 4 is 5.78 Å². The van der Waals surface area contributed by atoms with E-state index in [0.717, 1.165) is 24.2 Å². The Morgan fingerprint density at radius 2 is 2.22 bits per heavy atom. The Hall–Kier alpha value is -1.31. The first kappa shape index (κ1) is 13.1. The SMILES string of the molecule is COc1cccc(CC(=O)C2CCCC(C)C2)c1. The van der Waals surface area contributed by atoms with Gasteiger partial charge in [-0.2, -0.15) is 0 Å². The topological polar surface area (TPSA) is 26.3 Å². The zero-order valence-corrected chi connectivity index (χ0v) is 11.3. The number of carbonyl (C=O) groups excluding carboxylic acids is 1. The van der Waals surface area contributed by atoms with Gasteiger partial charge in [0.25, 0.3) is 0 Å². The molecule has 0 spiro atoms. The Morgan fingerprint density at radius 1 is 1.39 bits per heavy atom. The molecule has 1 aliphatic carbocycles. The lowest BCUT2D eigenvalue weighted by molar-refractivity contribution is -0.123. The average Bonchev–Trinajstić information content (AvgIpc) is 2.39. The van der Waals surface area contributed by atoms with Crippen molar-refractivity contribution in [2.45, 2.75) is 39.0 Å². The Labute approximate surface area is 109 Å². The lowest BCUT2D eigenvalue weighted by Gasteiger charge is -2.25. The van der Waals surface area contributed by atoms with Crippen LogP contribution in [0.3, 0.4) is 0 Å². The van der Waals surface area contributed by atoms with Crippen molar-refractivity contribution in [2.75, 3.05) is 7.11 Å². The van der Waals surface area contributed by atoms with E-state index in [1.807, 2.05) is 24.3 Å². The van der Waals surface area contributed by atoms with Crippen LogP contribution in [0.1, 0.15) is 38.2 Å². The van der Waals surface area contributed by atoms with Crippen molar-refractivity contribution in [2.24, 2.45) is 11.8 Å². The summed E-state index contributed by atoms with van der Waals surface area (Å²) in [6, 6.07) is 7.83. The largest absolute Gasteiger partial charge is 0.497 e. The third kappa shape index (κ3) is 3.34. The lowest BCUT2D eigenvalue weighted by atomic mass is 9.79. The number of hydrogen-bond donors (Lipinski definition) is 0. The zero-order valence-electron chi connectivity index (χ0n) is 11.3. The molecule has 2 heteroatoms. The van der Waals surface area contributed by atoms with E-state index in [9.17, 15) is 4.79 Å². The molecule has 0 aromatic heterocycles. The van der Waals surface area contributed by atoms with Gasteiger partial charge in [0.05, 0.1) is 7.11 Å². The number of ether oxygens (including phenoxy) is 1. The van der Waals surface area contributed by atoms with E-state index in [1.54, 1.807) is 7.11 Å². The maximum Gasteiger partial charge on any atom is 0.140 e. The molecule has 18 heavy (non-hydrogen) atoms. The first-order chi connectivity index (χ1) is 8.69. The van der Waals surface area contributed by atoms with Crippen molar-refractivity contribution in [3.05, 3.63) is 29.8 Å². The van der Waals surface area contributed by atoms with Crippen molar-refractivity contribution in [1.29, 1.82) is 0 Å². The summed E-state index contributed by atoms with van der Waals surface area (Å²) in [4.78, 5) is 12.3.